The van der Waals surface area contributed by atoms with Crippen LogP contribution < -0.4 is 0 Å². The van der Waals surface area contributed by atoms with E-state index >= 15 is 0 Å². The molecule has 2 unspecified atom stereocenters. The number of amides is 1. The largest absolute Gasteiger partial charge is 0.417 e. The molecule has 8 nitrogen and oxygen atoms in total. The van der Waals surface area contributed by atoms with Crippen molar-refractivity contribution in [2.75, 3.05) is 53.7 Å². The van der Waals surface area contributed by atoms with Gasteiger partial charge in [-0.3, -0.25) is 14.7 Å². The number of fused-ring (bicyclic) bond motifs is 1. The molecule has 37 heavy (non-hydrogen) atoms. The minimum Gasteiger partial charge on any atom is -0.383 e. The zero-order valence-electron chi connectivity index (χ0n) is 21.8. The fraction of sp³-hybridized carbons (Fsp3) is 0.769. The quantitative estimate of drug-likeness (QED) is 0.487. The number of carbonyl (C=O) groups is 1. The monoisotopic (exact) mass is 529 g/mol. The molecule has 1 aromatic rings. The molecule has 0 aromatic carbocycles. The lowest BCUT2D eigenvalue weighted by atomic mass is 9.98. The van der Waals surface area contributed by atoms with Crippen LogP contribution in [0.2, 0.25) is 0 Å². The van der Waals surface area contributed by atoms with Gasteiger partial charge in [-0.05, 0) is 37.8 Å². The van der Waals surface area contributed by atoms with Crippen LogP contribution in [-0.2, 0) is 42.9 Å². The number of methoxy groups -OCH3 is 2. The first kappa shape index (κ1) is 28.2. The molecule has 0 bridgehead atoms. The fourth-order valence-corrected chi connectivity index (χ4v) is 6.03. The number of ether oxygens (including phenoxy) is 4. The lowest BCUT2D eigenvalue weighted by Gasteiger charge is -2.42. The summed E-state index contributed by atoms with van der Waals surface area (Å²) in [5.74, 6) is -0.429. The maximum atomic E-state index is 13.8. The van der Waals surface area contributed by atoms with Gasteiger partial charge in [0.15, 0.2) is 0 Å². The van der Waals surface area contributed by atoms with Crippen LogP contribution in [-0.4, -0.2) is 98.7 Å². The number of rotatable bonds is 9. The van der Waals surface area contributed by atoms with Crippen molar-refractivity contribution in [2.45, 2.75) is 69.6 Å². The van der Waals surface area contributed by atoms with Gasteiger partial charge in [0.25, 0.3) is 0 Å². The molecule has 0 spiro atoms. The van der Waals surface area contributed by atoms with Crippen LogP contribution in [0.15, 0.2) is 12.3 Å². The highest BCUT2D eigenvalue weighted by Crippen LogP contribution is 2.37. The molecule has 1 aromatic heterocycles. The molecule has 0 radical (unpaired) electrons. The van der Waals surface area contributed by atoms with Crippen molar-refractivity contribution in [2.24, 2.45) is 5.92 Å². The van der Waals surface area contributed by atoms with Crippen LogP contribution in [0, 0.1) is 5.92 Å². The Labute approximate surface area is 216 Å². The number of alkyl halides is 3. The van der Waals surface area contributed by atoms with Gasteiger partial charge in [-0.2, -0.15) is 13.2 Å². The summed E-state index contributed by atoms with van der Waals surface area (Å²) in [5.41, 5.74) is 0.300. The topological polar surface area (TPSA) is 73.4 Å². The fourth-order valence-electron chi connectivity index (χ4n) is 6.03. The number of nitrogens with zero attached hydrogens (tertiary/aromatic N) is 3. The van der Waals surface area contributed by atoms with Crippen LogP contribution >= 0.6 is 0 Å². The number of pyridine rings is 1. The molecule has 1 amide bonds. The van der Waals surface area contributed by atoms with Gasteiger partial charge in [-0.25, -0.2) is 0 Å². The molecule has 208 valence electrons. The van der Waals surface area contributed by atoms with Gasteiger partial charge in [0, 0.05) is 77.5 Å². The van der Waals surface area contributed by atoms with E-state index in [0.29, 0.717) is 70.0 Å². The molecule has 5 atom stereocenters. The van der Waals surface area contributed by atoms with Crippen molar-refractivity contribution in [3.05, 3.63) is 29.1 Å². The Kier molecular flexibility index (Phi) is 9.44. The highest BCUT2D eigenvalue weighted by molar-refractivity contribution is 5.80. The molecule has 2 aliphatic heterocycles. The predicted molar refractivity (Wildman–Crippen MR) is 129 cm³/mol. The number of hydrogen-bond donors (Lipinski definition) is 0. The third kappa shape index (κ3) is 6.44. The second-order valence-corrected chi connectivity index (χ2v) is 10.00. The molecule has 3 aliphatic rings. The van der Waals surface area contributed by atoms with E-state index in [1.54, 1.807) is 19.1 Å². The standard InChI is InChI=1S/C26H38F3N3O5/c1-4-37-23-13-19(32(8-10-34-2)22-6-9-36-16-24(22)35-3)12-20(23)25(33)31-7-5-21-17(15-31)11-18(14-30-21)26(27,28)29/h11,14,19-20,22-24H,4-10,12-13,15-16H2,1-3H3/t19?,20-,22?,23-,24-/m1/s1. The van der Waals surface area contributed by atoms with Crippen LogP contribution in [0.1, 0.15) is 43.0 Å². The Hall–Kier alpha value is -1.79. The first-order chi connectivity index (χ1) is 17.8. The van der Waals surface area contributed by atoms with Gasteiger partial charge in [0.05, 0.1) is 36.9 Å². The van der Waals surface area contributed by atoms with Crippen LogP contribution in [0.4, 0.5) is 13.2 Å². The highest BCUT2D eigenvalue weighted by Gasteiger charge is 2.46. The summed E-state index contributed by atoms with van der Waals surface area (Å²) in [6, 6.07) is 1.36. The van der Waals surface area contributed by atoms with Crippen molar-refractivity contribution in [3.63, 3.8) is 0 Å². The Morgan fingerprint density at radius 3 is 2.78 bits per heavy atom. The van der Waals surface area contributed by atoms with Gasteiger partial charge < -0.3 is 23.8 Å². The van der Waals surface area contributed by atoms with Gasteiger partial charge in [-0.1, -0.05) is 0 Å². The summed E-state index contributed by atoms with van der Waals surface area (Å²) in [6.07, 6.45) is -1.34. The molecule has 0 N–H and O–H groups in total. The number of halogens is 3. The summed E-state index contributed by atoms with van der Waals surface area (Å²) in [4.78, 5) is 21.9. The van der Waals surface area contributed by atoms with Crippen molar-refractivity contribution < 1.29 is 36.9 Å². The molecular weight excluding hydrogens is 491 g/mol. The summed E-state index contributed by atoms with van der Waals surface area (Å²) in [5, 5.41) is 0. The molecule has 1 saturated carbocycles. The molecular formula is C26H38F3N3O5. The van der Waals surface area contributed by atoms with Gasteiger partial charge in [0.2, 0.25) is 5.91 Å². The van der Waals surface area contributed by atoms with E-state index in [1.165, 1.54) is 0 Å². The number of hydrogen-bond acceptors (Lipinski definition) is 7. The second-order valence-electron chi connectivity index (χ2n) is 10.00. The lowest BCUT2D eigenvalue weighted by Crippen LogP contribution is -2.54. The smallest absolute Gasteiger partial charge is 0.383 e. The van der Waals surface area contributed by atoms with Crippen LogP contribution in [0.3, 0.4) is 0 Å². The number of carbonyl (C=O) groups excluding carboxylic acids is 1. The first-order valence-corrected chi connectivity index (χ1v) is 13.1. The summed E-state index contributed by atoms with van der Waals surface area (Å²) >= 11 is 0. The van der Waals surface area contributed by atoms with Crippen molar-refractivity contribution in [3.8, 4) is 0 Å². The van der Waals surface area contributed by atoms with E-state index in [-0.39, 0.29) is 42.7 Å². The Morgan fingerprint density at radius 1 is 1.27 bits per heavy atom. The zero-order chi connectivity index (χ0) is 26.6. The normalized spacial score (nSPS) is 28.5. The van der Waals surface area contributed by atoms with Gasteiger partial charge >= 0.3 is 6.18 Å². The average molecular weight is 530 g/mol. The summed E-state index contributed by atoms with van der Waals surface area (Å²) in [6.45, 7) is 5.40. The Balaban J connectivity index is 1.51. The van der Waals surface area contributed by atoms with Crippen molar-refractivity contribution in [1.29, 1.82) is 0 Å². The lowest BCUT2D eigenvalue weighted by molar-refractivity contribution is -0.140. The second kappa shape index (κ2) is 12.4. The van der Waals surface area contributed by atoms with E-state index in [0.717, 1.165) is 18.7 Å². The maximum absolute atomic E-state index is 13.8. The predicted octanol–water partition coefficient (Wildman–Crippen LogP) is 2.92. The van der Waals surface area contributed by atoms with Crippen molar-refractivity contribution in [1.82, 2.24) is 14.8 Å². The van der Waals surface area contributed by atoms with E-state index in [1.807, 2.05) is 6.92 Å². The first-order valence-electron chi connectivity index (χ1n) is 13.1. The average Bonchev–Trinajstić information content (AvgIpc) is 3.31. The minimum absolute atomic E-state index is 0.0639. The van der Waals surface area contributed by atoms with E-state index in [9.17, 15) is 18.0 Å². The molecule has 2 fully saturated rings. The van der Waals surface area contributed by atoms with Crippen molar-refractivity contribution >= 4 is 5.91 Å². The molecule has 3 heterocycles. The van der Waals surface area contributed by atoms with E-state index < -0.39 is 11.7 Å². The Bertz CT molecular complexity index is 918. The Morgan fingerprint density at radius 2 is 2.08 bits per heavy atom. The molecule has 4 rings (SSSR count). The molecule has 1 saturated heterocycles. The SMILES string of the molecule is CCO[C@@H]1CC(N(CCOC)C2CCOC[C@H]2OC)C[C@H]1C(=O)N1CCc2ncc(C(F)(F)F)cc2C1. The van der Waals surface area contributed by atoms with Gasteiger partial charge in [0.1, 0.15) is 0 Å². The third-order valence-corrected chi connectivity index (χ3v) is 7.88. The number of aromatic nitrogens is 1. The van der Waals surface area contributed by atoms with Gasteiger partial charge in [-0.15, -0.1) is 0 Å². The maximum Gasteiger partial charge on any atom is 0.417 e. The highest BCUT2D eigenvalue weighted by atomic mass is 19.4. The van der Waals surface area contributed by atoms with E-state index in [4.69, 9.17) is 18.9 Å². The van der Waals surface area contributed by atoms with Crippen LogP contribution in [0.5, 0.6) is 0 Å². The molecule has 1 aliphatic carbocycles. The van der Waals surface area contributed by atoms with E-state index in [2.05, 4.69) is 9.88 Å². The molecule has 11 heteroatoms. The third-order valence-electron chi connectivity index (χ3n) is 7.88. The van der Waals surface area contributed by atoms with Crippen LogP contribution in [0.25, 0.3) is 0 Å². The minimum atomic E-state index is -4.47. The summed E-state index contributed by atoms with van der Waals surface area (Å²) < 4.78 is 62.6. The zero-order valence-corrected chi connectivity index (χ0v) is 21.8. The summed E-state index contributed by atoms with van der Waals surface area (Å²) in [7, 11) is 3.37.